The van der Waals surface area contributed by atoms with E-state index >= 15 is 0 Å². The van der Waals surface area contributed by atoms with Crippen molar-refractivity contribution >= 4 is 31.8 Å². The molecule has 67 valence electrons. The zero-order chi connectivity index (χ0) is 9.68. The molecule has 5 heteroatoms. The van der Waals surface area contributed by atoms with Gasteiger partial charge in [0.1, 0.15) is 0 Å². The molecule has 1 aromatic heterocycles. The van der Waals surface area contributed by atoms with Gasteiger partial charge in [0, 0.05) is 0 Å². The second-order valence-corrected chi connectivity index (χ2v) is 3.21. The number of nitrogens with zero attached hydrogens (tertiary/aromatic N) is 1. The van der Waals surface area contributed by atoms with Crippen molar-refractivity contribution in [1.29, 1.82) is 5.41 Å². The Kier molecular flexibility index (Phi) is 3.49. The molecule has 4 N–H and O–H groups in total. The van der Waals surface area contributed by atoms with E-state index in [1.54, 1.807) is 6.33 Å². The van der Waals surface area contributed by atoms with Crippen LogP contribution in [0.1, 0.15) is 0 Å². The summed E-state index contributed by atoms with van der Waals surface area (Å²) in [6.45, 7) is 0. The standard InChI is InChI=1S/C7H6N2.CH3N2Se/c1-2-4-7-6(3-1)8-5-9-7;2-1(3)4/h1-5H,(H,8,9);(H3,2,3). The first-order valence-corrected chi connectivity index (χ1v) is 4.45. The third-order valence-corrected chi connectivity index (χ3v) is 1.33. The van der Waals surface area contributed by atoms with Crippen molar-refractivity contribution < 1.29 is 0 Å². The van der Waals surface area contributed by atoms with Crippen LogP contribution >= 0.6 is 0 Å². The number of amidine groups is 1. The molecule has 0 aliphatic rings. The van der Waals surface area contributed by atoms with Gasteiger partial charge < -0.3 is 4.98 Å². The zero-order valence-electron chi connectivity index (χ0n) is 6.82. The van der Waals surface area contributed by atoms with Gasteiger partial charge in [0.05, 0.1) is 17.4 Å². The minimum atomic E-state index is 0.0417. The molecule has 2 rings (SSSR count). The third kappa shape index (κ3) is 3.27. The Morgan fingerprint density at radius 2 is 2.08 bits per heavy atom. The number of aromatic nitrogens is 2. The molecule has 13 heavy (non-hydrogen) atoms. The monoisotopic (exact) mass is 241 g/mol. The molecule has 0 aliphatic carbocycles. The van der Waals surface area contributed by atoms with Crippen molar-refractivity contribution in [2.45, 2.75) is 0 Å². The first kappa shape index (κ1) is 9.77. The van der Waals surface area contributed by atoms with Crippen molar-refractivity contribution in [1.82, 2.24) is 9.97 Å². The number of nitrogens with one attached hydrogen (secondary N) is 2. The third-order valence-electron chi connectivity index (χ3n) is 1.33. The second-order valence-electron chi connectivity index (χ2n) is 2.28. The summed E-state index contributed by atoms with van der Waals surface area (Å²) < 4.78 is 0.0417. The molecule has 0 bridgehead atoms. The zero-order valence-corrected chi connectivity index (χ0v) is 8.53. The van der Waals surface area contributed by atoms with Gasteiger partial charge in [0.2, 0.25) is 0 Å². The number of hydrogen-bond donors (Lipinski definition) is 3. The fourth-order valence-electron chi connectivity index (χ4n) is 0.880. The van der Waals surface area contributed by atoms with Crippen LogP contribution in [0, 0.1) is 5.41 Å². The Morgan fingerprint density at radius 1 is 1.46 bits per heavy atom. The quantitative estimate of drug-likeness (QED) is 0.358. The summed E-state index contributed by atoms with van der Waals surface area (Å²) in [7, 11) is 0. The van der Waals surface area contributed by atoms with Crippen molar-refractivity contribution in [3.05, 3.63) is 30.6 Å². The Hall–Kier alpha value is -1.32. The molecular formula is C8H9N4Se. The minimum absolute atomic E-state index is 0.0417. The van der Waals surface area contributed by atoms with Gasteiger partial charge in [-0.25, -0.2) is 4.98 Å². The van der Waals surface area contributed by atoms with Crippen LogP contribution in [-0.2, 0) is 0 Å². The van der Waals surface area contributed by atoms with E-state index in [1.807, 2.05) is 24.3 Å². The molecule has 0 aliphatic heterocycles. The van der Waals surface area contributed by atoms with Gasteiger partial charge in [-0.1, -0.05) is 12.1 Å². The van der Waals surface area contributed by atoms with Crippen LogP contribution < -0.4 is 5.73 Å². The van der Waals surface area contributed by atoms with Crippen LogP contribution in [0.4, 0.5) is 0 Å². The van der Waals surface area contributed by atoms with Gasteiger partial charge >= 0.3 is 31.9 Å². The van der Waals surface area contributed by atoms with Gasteiger partial charge in [-0.3, -0.25) is 0 Å². The molecular weight excluding hydrogens is 231 g/mol. The number of para-hydroxylation sites is 2. The normalized spacial score (nSPS) is 8.92. The van der Waals surface area contributed by atoms with E-state index < -0.39 is 0 Å². The summed E-state index contributed by atoms with van der Waals surface area (Å²) in [6, 6.07) is 7.94. The molecule has 1 heterocycles. The Bertz CT molecular complexity index is 361. The Balaban J connectivity index is 0.000000184. The van der Waals surface area contributed by atoms with E-state index in [9.17, 15) is 0 Å². The summed E-state index contributed by atoms with van der Waals surface area (Å²) in [5.74, 6) is 0. The van der Waals surface area contributed by atoms with E-state index in [-0.39, 0.29) is 4.73 Å². The molecule has 0 unspecified atom stereocenters. The molecule has 0 atom stereocenters. The topological polar surface area (TPSA) is 78.5 Å². The number of benzene rings is 1. The van der Waals surface area contributed by atoms with Crippen LogP contribution in [0.5, 0.6) is 0 Å². The molecule has 1 aromatic carbocycles. The smallest absolute Gasteiger partial charge is 0.0931 e. The van der Waals surface area contributed by atoms with E-state index in [1.165, 1.54) is 0 Å². The van der Waals surface area contributed by atoms with Crippen LogP contribution in [0.15, 0.2) is 30.6 Å². The van der Waals surface area contributed by atoms with Gasteiger partial charge in [-0.05, 0) is 12.1 Å². The molecule has 0 amide bonds. The second kappa shape index (κ2) is 4.64. The van der Waals surface area contributed by atoms with Crippen molar-refractivity contribution in [2.24, 2.45) is 5.73 Å². The maximum Gasteiger partial charge on any atom is 0.0931 e. The van der Waals surface area contributed by atoms with Gasteiger partial charge in [-0.15, -0.1) is 0 Å². The Morgan fingerprint density at radius 3 is 2.69 bits per heavy atom. The molecule has 2 aromatic rings. The number of fused-ring (bicyclic) bond motifs is 1. The Labute approximate surface area is 83.9 Å². The predicted octanol–water partition coefficient (Wildman–Crippen LogP) is 0.611. The first-order chi connectivity index (χ1) is 6.20. The fraction of sp³-hybridized carbons (Fsp3) is 0. The average molecular weight is 240 g/mol. The first-order valence-electron chi connectivity index (χ1n) is 3.59. The largest absolute Gasteiger partial charge is 0.345 e. The summed E-state index contributed by atoms with van der Waals surface area (Å²) in [5.41, 5.74) is 6.76. The molecule has 0 saturated carbocycles. The van der Waals surface area contributed by atoms with Gasteiger partial charge in [0.25, 0.3) is 0 Å². The number of aromatic amines is 1. The van der Waals surface area contributed by atoms with Crippen molar-refractivity contribution in [3.63, 3.8) is 0 Å². The molecule has 0 fully saturated rings. The van der Waals surface area contributed by atoms with Crippen LogP contribution in [0.3, 0.4) is 0 Å². The summed E-state index contributed by atoms with van der Waals surface area (Å²) in [5, 5.41) is 6.22. The van der Waals surface area contributed by atoms with Crippen LogP contribution in [0.25, 0.3) is 11.0 Å². The van der Waals surface area contributed by atoms with Crippen LogP contribution in [0.2, 0.25) is 0 Å². The van der Waals surface area contributed by atoms with E-state index in [4.69, 9.17) is 5.41 Å². The summed E-state index contributed by atoms with van der Waals surface area (Å²) in [4.78, 5) is 7.07. The predicted molar refractivity (Wildman–Crippen MR) is 53.8 cm³/mol. The van der Waals surface area contributed by atoms with Gasteiger partial charge in [-0.2, -0.15) is 0 Å². The molecule has 0 spiro atoms. The van der Waals surface area contributed by atoms with E-state index in [2.05, 4.69) is 31.7 Å². The van der Waals surface area contributed by atoms with E-state index in [0.717, 1.165) is 11.0 Å². The number of nitrogens with two attached hydrogens (primary N) is 1. The van der Waals surface area contributed by atoms with Crippen molar-refractivity contribution in [3.8, 4) is 0 Å². The number of rotatable bonds is 0. The number of H-pyrrole nitrogens is 1. The van der Waals surface area contributed by atoms with Crippen molar-refractivity contribution in [2.75, 3.05) is 0 Å². The maximum absolute atomic E-state index is 6.22. The molecule has 4 nitrogen and oxygen atoms in total. The number of hydrogen-bond acceptors (Lipinski definition) is 2. The SMILES string of the molecule is N=C(N)[Se].c1ccc2[nH]cnc2c1. The summed E-state index contributed by atoms with van der Waals surface area (Å²) in [6.07, 6.45) is 1.70. The molecule has 1 radical (unpaired) electrons. The number of imidazole rings is 1. The van der Waals surface area contributed by atoms with E-state index in [0.29, 0.717) is 0 Å². The minimum Gasteiger partial charge on any atom is -0.345 e. The van der Waals surface area contributed by atoms with Crippen LogP contribution in [-0.4, -0.2) is 30.7 Å². The maximum atomic E-state index is 6.22. The average Bonchev–Trinajstić information content (AvgIpc) is 2.49. The molecule has 0 saturated heterocycles. The van der Waals surface area contributed by atoms with Gasteiger partial charge in [0.15, 0.2) is 0 Å². The fourth-order valence-corrected chi connectivity index (χ4v) is 0.880. The summed E-state index contributed by atoms with van der Waals surface area (Å²) >= 11 is 2.26.